The molecular formula is C15H17NO4. The average Bonchev–Trinajstić information content (AvgIpc) is 2.94. The number of esters is 1. The Morgan fingerprint density at radius 2 is 2.05 bits per heavy atom. The van der Waals surface area contributed by atoms with Gasteiger partial charge in [-0.2, -0.15) is 0 Å². The molecule has 1 atom stereocenters. The summed E-state index contributed by atoms with van der Waals surface area (Å²) in [4.78, 5) is 28.4. The van der Waals surface area contributed by atoms with Gasteiger partial charge in [0.1, 0.15) is 0 Å². The minimum absolute atomic E-state index is 0.292. The van der Waals surface area contributed by atoms with Crippen molar-refractivity contribution in [3.8, 4) is 0 Å². The predicted molar refractivity (Wildman–Crippen MR) is 73.3 cm³/mol. The Bertz CT molecular complexity index is 510. The molecule has 0 bridgehead atoms. The molecule has 1 aromatic carbocycles. The smallest absolute Gasteiger partial charge is 0.365 e. The summed E-state index contributed by atoms with van der Waals surface area (Å²) < 4.78 is 4.99. The van der Waals surface area contributed by atoms with Gasteiger partial charge in [-0.15, -0.1) is 0 Å². The standard InChI is InChI=1S/C15H17NO4/c1-2-19-15(18)12-9-6-10-13(12)16-20-14(17)11-7-4-3-5-8-11/h3-5,7-8,12H,2,6,9-10H2,1H3/b16-13-. The van der Waals surface area contributed by atoms with Crippen LogP contribution in [0.25, 0.3) is 0 Å². The Labute approximate surface area is 117 Å². The second-order valence-corrected chi connectivity index (χ2v) is 4.52. The Kier molecular flexibility index (Phi) is 4.87. The van der Waals surface area contributed by atoms with Gasteiger partial charge in [0.2, 0.25) is 0 Å². The third-order valence-electron chi connectivity index (χ3n) is 3.15. The lowest BCUT2D eigenvalue weighted by Gasteiger charge is -2.09. The molecule has 1 unspecified atom stereocenters. The highest BCUT2D eigenvalue weighted by atomic mass is 16.7. The van der Waals surface area contributed by atoms with Gasteiger partial charge in [0.25, 0.3) is 0 Å². The summed E-state index contributed by atoms with van der Waals surface area (Å²) in [6.45, 7) is 2.10. The number of rotatable bonds is 4. The first-order chi connectivity index (χ1) is 9.72. The topological polar surface area (TPSA) is 65.0 Å². The van der Waals surface area contributed by atoms with E-state index >= 15 is 0 Å². The van der Waals surface area contributed by atoms with Crippen molar-refractivity contribution >= 4 is 17.7 Å². The van der Waals surface area contributed by atoms with E-state index in [1.807, 2.05) is 6.07 Å². The van der Waals surface area contributed by atoms with E-state index in [-0.39, 0.29) is 11.9 Å². The summed E-state index contributed by atoms with van der Waals surface area (Å²) in [7, 11) is 0. The maximum atomic E-state index is 11.8. The summed E-state index contributed by atoms with van der Waals surface area (Å²) in [6, 6.07) is 8.62. The van der Waals surface area contributed by atoms with Gasteiger partial charge in [0.15, 0.2) is 0 Å². The van der Waals surface area contributed by atoms with Crippen LogP contribution in [0, 0.1) is 5.92 Å². The molecule has 0 spiro atoms. The molecular weight excluding hydrogens is 258 g/mol. The fraction of sp³-hybridized carbons (Fsp3) is 0.400. The van der Waals surface area contributed by atoms with Crippen molar-refractivity contribution in [2.24, 2.45) is 11.1 Å². The Hall–Kier alpha value is -2.17. The van der Waals surface area contributed by atoms with Crippen LogP contribution in [0.2, 0.25) is 0 Å². The van der Waals surface area contributed by atoms with Gasteiger partial charge in [0, 0.05) is 0 Å². The molecule has 0 amide bonds. The first kappa shape index (κ1) is 14.2. The highest BCUT2D eigenvalue weighted by Gasteiger charge is 2.31. The fourth-order valence-corrected chi connectivity index (χ4v) is 2.16. The van der Waals surface area contributed by atoms with Gasteiger partial charge < -0.3 is 9.57 Å². The van der Waals surface area contributed by atoms with Crippen LogP contribution in [0.15, 0.2) is 35.5 Å². The Morgan fingerprint density at radius 1 is 1.30 bits per heavy atom. The van der Waals surface area contributed by atoms with E-state index in [2.05, 4.69) is 5.16 Å². The molecule has 1 saturated carbocycles. The molecule has 2 rings (SSSR count). The van der Waals surface area contributed by atoms with Crippen molar-refractivity contribution in [3.63, 3.8) is 0 Å². The molecule has 5 heteroatoms. The minimum atomic E-state index is -0.521. The third kappa shape index (κ3) is 3.44. The summed E-state index contributed by atoms with van der Waals surface area (Å²) >= 11 is 0. The van der Waals surface area contributed by atoms with Crippen LogP contribution in [0.4, 0.5) is 0 Å². The SMILES string of the molecule is CCOC(=O)C1CCC/C1=N/OC(=O)c1ccccc1. The molecule has 5 nitrogen and oxygen atoms in total. The van der Waals surface area contributed by atoms with Crippen LogP contribution in [0.1, 0.15) is 36.5 Å². The number of ether oxygens (including phenoxy) is 1. The molecule has 1 aliphatic carbocycles. The molecule has 0 aliphatic heterocycles. The number of benzene rings is 1. The van der Waals surface area contributed by atoms with Crippen molar-refractivity contribution in [2.45, 2.75) is 26.2 Å². The van der Waals surface area contributed by atoms with Crippen LogP contribution in [-0.4, -0.2) is 24.3 Å². The summed E-state index contributed by atoms with van der Waals surface area (Å²) in [5.74, 6) is -1.19. The van der Waals surface area contributed by atoms with Crippen LogP contribution >= 0.6 is 0 Å². The van der Waals surface area contributed by atoms with Gasteiger partial charge in [-0.25, -0.2) is 4.79 Å². The van der Waals surface area contributed by atoms with E-state index in [0.717, 1.165) is 6.42 Å². The zero-order valence-electron chi connectivity index (χ0n) is 11.4. The van der Waals surface area contributed by atoms with Crippen LogP contribution in [0.3, 0.4) is 0 Å². The molecule has 1 aromatic rings. The fourth-order valence-electron chi connectivity index (χ4n) is 2.16. The highest BCUT2D eigenvalue weighted by Crippen LogP contribution is 2.24. The first-order valence-corrected chi connectivity index (χ1v) is 6.72. The summed E-state index contributed by atoms with van der Waals surface area (Å²) in [5.41, 5.74) is 1.02. The van der Waals surface area contributed by atoms with E-state index in [4.69, 9.17) is 9.57 Å². The second kappa shape index (κ2) is 6.84. The van der Waals surface area contributed by atoms with E-state index < -0.39 is 5.97 Å². The van der Waals surface area contributed by atoms with Crippen molar-refractivity contribution < 1.29 is 19.2 Å². The predicted octanol–water partition coefficient (Wildman–Crippen LogP) is 2.56. The lowest BCUT2D eigenvalue weighted by Crippen LogP contribution is -2.22. The van der Waals surface area contributed by atoms with E-state index in [0.29, 0.717) is 30.7 Å². The minimum Gasteiger partial charge on any atom is -0.465 e. The van der Waals surface area contributed by atoms with Crippen molar-refractivity contribution in [3.05, 3.63) is 35.9 Å². The Morgan fingerprint density at radius 3 is 2.75 bits per heavy atom. The van der Waals surface area contributed by atoms with Gasteiger partial charge in [0.05, 0.1) is 23.8 Å². The summed E-state index contributed by atoms with van der Waals surface area (Å²) in [6.07, 6.45) is 2.21. The first-order valence-electron chi connectivity index (χ1n) is 6.72. The molecule has 0 aromatic heterocycles. The van der Waals surface area contributed by atoms with Crippen molar-refractivity contribution in [1.29, 1.82) is 0 Å². The maximum Gasteiger partial charge on any atom is 0.365 e. The third-order valence-corrected chi connectivity index (χ3v) is 3.15. The molecule has 0 radical (unpaired) electrons. The number of hydrogen-bond donors (Lipinski definition) is 0. The van der Waals surface area contributed by atoms with Gasteiger partial charge in [-0.05, 0) is 38.3 Å². The van der Waals surface area contributed by atoms with Crippen LogP contribution in [-0.2, 0) is 14.4 Å². The van der Waals surface area contributed by atoms with E-state index in [9.17, 15) is 9.59 Å². The molecule has 1 fully saturated rings. The molecule has 20 heavy (non-hydrogen) atoms. The summed E-state index contributed by atoms with van der Waals surface area (Å²) in [5, 5.41) is 3.85. The highest BCUT2D eigenvalue weighted by molar-refractivity contribution is 6.03. The zero-order chi connectivity index (χ0) is 14.4. The van der Waals surface area contributed by atoms with Crippen molar-refractivity contribution in [1.82, 2.24) is 0 Å². The molecule has 0 heterocycles. The quantitative estimate of drug-likeness (QED) is 0.481. The van der Waals surface area contributed by atoms with Crippen LogP contribution < -0.4 is 0 Å². The molecule has 1 aliphatic rings. The number of nitrogens with zero attached hydrogens (tertiary/aromatic N) is 1. The van der Waals surface area contributed by atoms with Gasteiger partial charge >= 0.3 is 11.9 Å². The lowest BCUT2D eigenvalue weighted by molar-refractivity contribution is -0.145. The van der Waals surface area contributed by atoms with E-state index in [1.54, 1.807) is 31.2 Å². The second-order valence-electron chi connectivity index (χ2n) is 4.52. The number of carbonyl (C=O) groups is 2. The Balaban J connectivity index is 2.00. The van der Waals surface area contributed by atoms with Gasteiger partial charge in [-0.3, -0.25) is 4.79 Å². The lowest BCUT2D eigenvalue weighted by atomic mass is 10.1. The van der Waals surface area contributed by atoms with E-state index in [1.165, 1.54) is 0 Å². The number of hydrogen-bond acceptors (Lipinski definition) is 5. The average molecular weight is 275 g/mol. The van der Waals surface area contributed by atoms with Gasteiger partial charge in [-0.1, -0.05) is 23.4 Å². The largest absolute Gasteiger partial charge is 0.465 e. The zero-order valence-corrected chi connectivity index (χ0v) is 11.4. The van der Waals surface area contributed by atoms with Crippen molar-refractivity contribution in [2.75, 3.05) is 6.61 Å². The monoisotopic (exact) mass is 275 g/mol. The normalized spacial score (nSPS) is 19.9. The molecule has 106 valence electrons. The number of carbonyl (C=O) groups excluding carboxylic acids is 2. The number of oxime groups is 1. The molecule has 0 saturated heterocycles. The van der Waals surface area contributed by atoms with Crippen LogP contribution in [0.5, 0.6) is 0 Å². The maximum absolute atomic E-state index is 11.8. The molecule has 0 N–H and O–H groups in total.